The molecule has 0 aliphatic carbocycles. The highest BCUT2D eigenvalue weighted by molar-refractivity contribution is 6.01. The summed E-state index contributed by atoms with van der Waals surface area (Å²) in [5.74, 6) is 1.21. The number of hydrogen-bond acceptors (Lipinski definition) is 7. The Bertz CT molecular complexity index is 1340. The minimum absolute atomic E-state index is 0.0617. The van der Waals surface area contributed by atoms with E-state index < -0.39 is 0 Å². The van der Waals surface area contributed by atoms with Crippen molar-refractivity contribution in [3.63, 3.8) is 0 Å². The van der Waals surface area contributed by atoms with Crippen LogP contribution in [0.2, 0.25) is 0 Å². The number of azo groups is 1. The van der Waals surface area contributed by atoms with Crippen molar-refractivity contribution < 1.29 is 19.5 Å². The molecule has 0 aliphatic rings. The Balaban J connectivity index is 4.02. The molecule has 0 radical (unpaired) electrons. The van der Waals surface area contributed by atoms with E-state index in [0.29, 0.717) is 73.5 Å². The van der Waals surface area contributed by atoms with Crippen LogP contribution >= 0.6 is 0 Å². The van der Waals surface area contributed by atoms with Gasteiger partial charge in [0.1, 0.15) is 18.0 Å². The van der Waals surface area contributed by atoms with Gasteiger partial charge >= 0.3 is 0 Å². The van der Waals surface area contributed by atoms with Gasteiger partial charge in [0.15, 0.2) is 6.29 Å². The van der Waals surface area contributed by atoms with Crippen molar-refractivity contribution >= 4 is 23.8 Å². The zero-order valence-electron chi connectivity index (χ0n) is 36.7. The van der Waals surface area contributed by atoms with E-state index in [9.17, 15) is 24.8 Å². The van der Waals surface area contributed by atoms with Crippen LogP contribution in [0.5, 0.6) is 0 Å². The predicted molar refractivity (Wildman–Crippen MR) is 231 cm³/mol. The standard InChI is InChI=1S/C47H77N5O4/c1-10-18-22-37(14-5)30-51(31-38(15-6)23-19-11-2)46(55)41-26-42(28-44(27-41)49-50-45(35-54)36(9)43(29-48)34-53)47(56)52(32-39(16-7)24-20-12-3)33-40(17-8)25-21-13-4/h26-28,34-35,37-40,54H,10-25,30-33H2,1-9H3/b43-36-,45-35-,50-49+. The minimum Gasteiger partial charge on any atom is -0.513 e. The topological polar surface area (TPSA) is 126 Å². The maximum Gasteiger partial charge on any atom is 0.253 e. The largest absolute Gasteiger partial charge is 0.513 e. The van der Waals surface area contributed by atoms with Crippen LogP contribution in [-0.4, -0.2) is 59.2 Å². The predicted octanol–water partition coefficient (Wildman–Crippen LogP) is 13.0. The van der Waals surface area contributed by atoms with Gasteiger partial charge in [0.05, 0.1) is 11.3 Å². The van der Waals surface area contributed by atoms with Crippen molar-refractivity contribution in [1.29, 1.82) is 5.26 Å². The molecule has 1 aromatic rings. The van der Waals surface area contributed by atoms with Gasteiger partial charge in [-0.1, -0.05) is 132 Å². The average Bonchev–Trinajstić information content (AvgIpc) is 3.22. The first kappa shape index (κ1) is 50.2. The number of nitrogens with zero attached hydrogens (tertiary/aromatic N) is 5. The molecule has 9 nitrogen and oxygen atoms in total. The van der Waals surface area contributed by atoms with E-state index in [1.165, 1.54) is 6.92 Å². The molecule has 0 aliphatic heterocycles. The molecule has 314 valence electrons. The number of unbranched alkanes of at least 4 members (excludes halogenated alkanes) is 4. The first-order valence-electron chi connectivity index (χ1n) is 22.1. The minimum atomic E-state index is -0.181. The fourth-order valence-corrected chi connectivity index (χ4v) is 7.32. The summed E-state index contributed by atoms with van der Waals surface area (Å²) < 4.78 is 0. The Morgan fingerprint density at radius 2 is 1.04 bits per heavy atom. The van der Waals surface area contributed by atoms with Gasteiger partial charge in [0.2, 0.25) is 0 Å². The molecule has 4 unspecified atom stereocenters. The molecule has 0 fully saturated rings. The third kappa shape index (κ3) is 17.6. The van der Waals surface area contributed by atoms with E-state index in [1.807, 2.05) is 15.9 Å². The second kappa shape index (κ2) is 29.4. The highest BCUT2D eigenvalue weighted by Gasteiger charge is 2.27. The van der Waals surface area contributed by atoms with Crippen LogP contribution in [0.15, 0.2) is 51.5 Å². The SMILES string of the molecule is CCCCC(CC)CN(CC(CC)CCCC)C(=O)c1cc(/N=N/C(=C\O)C(/C)=C(/C#N)C=O)cc(C(=O)N(CC(CC)CCCC)CC(CC)CCCC)c1. The second-order valence-corrected chi connectivity index (χ2v) is 15.8. The van der Waals surface area contributed by atoms with Crippen LogP contribution in [0.1, 0.15) is 186 Å². The van der Waals surface area contributed by atoms with E-state index in [4.69, 9.17) is 0 Å². The number of carbonyl (C=O) groups is 3. The number of carbonyl (C=O) groups excluding carboxylic acids is 3. The zero-order chi connectivity index (χ0) is 41.9. The van der Waals surface area contributed by atoms with Gasteiger partial charge in [-0.15, -0.1) is 5.11 Å². The quantitative estimate of drug-likeness (QED) is 0.0208. The Morgan fingerprint density at radius 3 is 1.30 bits per heavy atom. The maximum absolute atomic E-state index is 14.8. The molecular weight excluding hydrogens is 699 g/mol. The molecule has 0 saturated heterocycles. The van der Waals surface area contributed by atoms with Crippen molar-refractivity contribution in [2.24, 2.45) is 33.9 Å². The fourth-order valence-electron chi connectivity index (χ4n) is 7.32. The number of rotatable bonds is 30. The first-order valence-corrected chi connectivity index (χ1v) is 22.1. The lowest BCUT2D eigenvalue weighted by atomic mass is 9.94. The molecule has 9 heteroatoms. The number of allylic oxidation sites excluding steroid dienone is 2. The van der Waals surface area contributed by atoms with Crippen LogP contribution < -0.4 is 0 Å². The summed E-state index contributed by atoms with van der Waals surface area (Å²) in [5.41, 5.74) is 0.962. The average molecular weight is 776 g/mol. The van der Waals surface area contributed by atoms with Crippen molar-refractivity contribution in [1.82, 2.24) is 9.80 Å². The van der Waals surface area contributed by atoms with E-state index in [-0.39, 0.29) is 34.3 Å². The Kier molecular flexibility index (Phi) is 26.4. The smallest absolute Gasteiger partial charge is 0.253 e. The number of nitriles is 1. The van der Waals surface area contributed by atoms with Gasteiger partial charge < -0.3 is 14.9 Å². The van der Waals surface area contributed by atoms with Gasteiger partial charge in [-0.05, 0) is 74.5 Å². The Morgan fingerprint density at radius 1 is 0.679 bits per heavy atom. The summed E-state index contributed by atoms with van der Waals surface area (Å²) in [4.78, 5) is 45.2. The summed E-state index contributed by atoms with van der Waals surface area (Å²) in [6.07, 6.45) is 18.1. The molecule has 56 heavy (non-hydrogen) atoms. The number of benzene rings is 1. The maximum atomic E-state index is 14.8. The van der Waals surface area contributed by atoms with E-state index in [2.05, 4.69) is 65.6 Å². The second-order valence-electron chi connectivity index (χ2n) is 15.8. The summed E-state index contributed by atoms with van der Waals surface area (Å²) in [6.45, 7) is 21.7. The molecule has 4 atom stereocenters. The summed E-state index contributed by atoms with van der Waals surface area (Å²) >= 11 is 0. The third-order valence-corrected chi connectivity index (χ3v) is 11.5. The number of aliphatic hydroxyl groups is 1. The molecular formula is C47H77N5O4. The van der Waals surface area contributed by atoms with Gasteiger partial charge in [-0.3, -0.25) is 14.4 Å². The molecule has 0 spiro atoms. The van der Waals surface area contributed by atoms with Gasteiger partial charge in [-0.2, -0.15) is 10.4 Å². The zero-order valence-corrected chi connectivity index (χ0v) is 36.7. The first-order chi connectivity index (χ1) is 27.0. The molecule has 1 N–H and O–H groups in total. The molecule has 2 amide bonds. The lowest BCUT2D eigenvalue weighted by molar-refractivity contribution is -0.104. The van der Waals surface area contributed by atoms with Crippen LogP contribution in [0.25, 0.3) is 0 Å². The number of aliphatic hydroxyl groups excluding tert-OH is 1. The Hall–Kier alpha value is -3.80. The van der Waals surface area contributed by atoms with E-state index in [1.54, 1.807) is 18.2 Å². The van der Waals surface area contributed by atoms with E-state index >= 15 is 0 Å². The van der Waals surface area contributed by atoms with Gasteiger partial charge in [-0.25, -0.2) is 0 Å². The highest BCUT2D eigenvalue weighted by Crippen LogP contribution is 2.28. The van der Waals surface area contributed by atoms with Crippen molar-refractivity contribution in [3.05, 3.63) is 52.4 Å². The number of aldehydes is 1. The van der Waals surface area contributed by atoms with Crippen LogP contribution in [0.3, 0.4) is 0 Å². The monoisotopic (exact) mass is 776 g/mol. The highest BCUT2D eigenvalue weighted by atomic mass is 16.2. The Labute approximate surface area is 341 Å². The molecule has 0 saturated carbocycles. The van der Waals surface area contributed by atoms with E-state index in [0.717, 1.165) is 103 Å². The van der Waals surface area contributed by atoms with Crippen molar-refractivity contribution in [2.75, 3.05) is 26.2 Å². The summed E-state index contributed by atoms with van der Waals surface area (Å²) in [5, 5.41) is 28.1. The molecule has 0 bridgehead atoms. The lowest BCUT2D eigenvalue weighted by Crippen LogP contribution is -2.40. The van der Waals surface area contributed by atoms with Crippen molar-refractivity contribution in [2.45, 2.75) is 165 Å². The molecule has 1 rings (SSSR count). The summed E-state index contributed by atoms with van der Waals surface area (Å²) in [7, 11) is 0. The van der Waals surface area contributed by atoms with Crippen LogP contribution in [-0.2, 0) is 4.79 Å². The van der Waals surface area contributed by atoms with Crippen LogP contribution in [0, 0.1) is 35.0 Å². The molecule has 0 aromatic heterocycles. The van der Waals surface area contributed by atoms with Gasteiger partial charge in [0.25, 0.3) is 11.8 Å². The number of hydrogen-bond donors (Lipinski definition) is 1. The van der Waals surface area contributed by atoms with Gasteiger partial charge in [0, 0.05) is 42.9 Å². The van der Waals surface area contributed by atoms with Crippen LogP contribution in [0.4, 0.5) is 5.69 Å². The third-order valence-electron chi connectivity index (χ3n) is 11.5. The molecule has 1 aromatic carbocycles. The fraction of sp³-hybridized carbons (Fsp3) is 0.702. The lowest BCUT2D eigenvalue weighted by Gasteiger charge is -2.32. The molecule has 0 heterocycles. The van der Waals surface area contributed by atoms with Crippen molar-refractivity contribution in [3.8, 4) is 6.07 Å². The summed E-state index contributed by atoms with van der Waals surface area (Å²) in [6, 6.07) is 6.92. The number of amides is 2. The normalized spacial score (nSPS) is 14.5.